The number of aromatic nitrogens is 2. The summed E-state index contributed by atoms with van der Waals surface area (Å²) in [6.45, 7) is 3.56. The largest absolute Gasteiger partial charge is 0.354 e. The van der Waals surface area contributed by atoms with Gasteiger partial charge in [0.1, 0.15) is 17.5 Å². The number of hydrogen-bond acceptors (Lipinski definition) is 5. The van der Waals surface area contributed by atoms with E-state index in [0.29, 0.717) is 32.0 Å². The van der Waals surface area contributed by atoms with Gasteiger partial charge in [-0.1, -0.05) is 30.3 Å². The fourth-order valence-electron chi connectivity index (χ4n) is 3.38. The van der Waals surface area contributed by atoms with Crippen LogP contribution < -0.4 is 4.90 Å². The summed E-state index contributed by atoms with van der Waals surface area (Å²) in [6, 6.07) is 16.8. The van der Waals surface area contributed by atoms with Crippen LogP contribution in [0.5, 0.6) is 0 Å². The highest BCUT2D eigenvalue weighted by atomic mass is 32.2. The highest BCUT2D eigenvalue weighted by molar-refractivity contribution is 7.89. The quantitative estimate of drug-likeness (QED) is 0.659. The Morgan fingerprint density at radius 3 is 2.21 bits per heavy atom. The van der Waals surface area contributed by atoms with E-state index in [1.165, 1.54) is 16.4 Å². The van der Waals surface area contributed by atoms with Gasteiger partial charge in [-0.25, -0.2) is 22.8 Å². The minimum atomic E-state index is -3.64. The molecule has 0 bridgehead atoms. The Morgan fingerprint density at radius 1 is 0.897 bits per heavy atom. The molecule has 0 aliphatic carbocycles. The van der Waals surface area contributed by atoms with E-state index in [1.807, 2.05) is 43.3 Å². The SMILES string of the molecule is Cc1nc(-c2ccccc2)cc(N2CCN(S(=O)(=O)c3ccc(F)cc3)CC2)n1. The van der Waals surface area contributed by atoms with Crippen LogP contribution in [-0.4, -0.2) is 48.9 Å². The summed E-state index contributed by atoms with van der Waals surface area (Å²) in [6.07, 6.45) is 0. The summed E-state index contributed by atoms with van der Waals surface area (Å²) in [5, 5.41) is 0. The first-order valence-electron chi connectivity index (χ1n) is 9.35. The molecule has 0 unspecified atom stereocenters. The van der Waals surface area contributed by atoms with Crippen molar-refractivity contribution in [1.82, 2.24) is 14.3 Å². The van der Waals surface area contributed by atoms with E-state index in [2.05, 4.69) is 14.9 Å². The summed E-state index contributed by atoms with van der Waals surface area (Å²) in [4.78, 5) is 11.2. The van der Waals surface area contributed by atoms with Crippen LogP contribution in [0.1, 0.15) is 5.82 Å². The van der Waals surface area contributed by atoms with Crippen LogP contribution in [-0.2, 0) is 10.0 Å². The minimum absolute atomic E-state index is 0.108. The van der Waals surface area contributed by atoms with E-state index in [4.69, 9.17) is 0 Å². The van der Waals surface area contributed by atoms with Crippen LogP contribution in [0.2, 0.25) is 0 Å². The molecule has 6 nitrogen and oxygen atoms in total. The zero-order valence-electron chi connectivity index (χ0n) is 16.0. The van der Waals surface area contributed by atoms with Gasteiger partial charge in [0, 0.05) is 37.8 Å². The van der Waals surface area contributed by atoms with Gasteiger partial charge < -0.3 is 4.90 Å². The summed E-state index contributed by atoms with van der Waals surface area (Å²) in [5.41, 5.74) is 1.85. The van der Waals surface area contributed by atoms with Crippen molar-refractivity contribution in [2.75, 3.05) is 31.1 Å². The van der Waals surface area contributed by atoms with Gasteiger partial charge in [-0.2, -0.15) is 4.31 Å². The number of rotatable bonds is 4. The van der Waals surface area contributed by atoms with E-state index in [1.54, 1.807) is 0 Å². The number of hydrogen-bond donors (Lipinski definition) is 0. The summed E-state index contributed by atoms with van der Waals surface area (Å²) < 4.78 is 40.1. The van der Waals surface area contributed by atoms with Crippen LogP contribution in [0.15, 0.2) is 65.6 Å². The molecule has 0 amide bonds. The number of anilines is 1. The topological polar surface area (TPSA) is 66.4 Å². The van der Waals surface area contributed by atoms with Gasteiger partial charge in [-0.05, 0) is 31.2 Å². The maximum Gasteiger partial charge on any atom is 0.243 e. The first-order valence-corrected chi connectivity index (χ1v) is 10.8. The standard InChI is InChI=1S/C21H21FN4O2S/c1-16-23-20(17-5-3-2-4-6-17)15-21(24-16)25-11-13-26(14-12-25)29(27,28)19-9-7-18(22)8-10-19/h2-10,15H,11-14H2,1H3. The first-order chi connectivity index (χ1) is 13.9. The molecule has 0 saturated carbocycles. The predicted molar refractivity (Wildman–Crippen MR) is 110 cm³/mol. The molecular formula is C21H21FN4O2S. The molecule has 4 rings (SSSR count). The Hall–Kier alpha value is -2.84. The Bertz CT molecular complexity index is 1100. The second-order valence-electron chi connectivity index (χ2n) is 6.87. The zero-order chi connectivity index (χ0) is 20.4. The third-order valence-corrected chi connectivity index (χ3v) is 6.82. The fourth-order valence-corrected chi connectivity index (χ4v) is 4.81. The molecule has 1 aliphatic heterocycles. The van der Waals surface area contributed by atoms with Gasteiger partial charge in [0.25, 0.3) is 0 Å². The molecule has 3 aromatic rings. The number of nitrogens with zero attached hydrogens (tertiary/aromatic N) is 4. The molecule has 150 valence electrons. The molecule has 1 aromatic heterocycles. The molecule has 1 fully saturated rings. The fraction of sp³-hybridized carbons (Fsp3) is 0.238. The molecule has 8 heteroatoms. The Labute approximate surface area is 169 Å². The molecular weight excluding hydrogens is 391 g/mol. The molecule has 0 N–H and O–H groups in total. The lowest BCUT2D eigenvalue weighted by Crippen LogP contribution is -2.49. The van der Waals surface area contributed by atoms with Gasteiger partial charge in [0.05, 0.1) is 10.6 Å². The molecule has 1 saturated heterocycles. The molecule has 0 atom stereocenters. The van der Waals surface area contributed by atoms with Gasteiger partial charge in [0.2, 0.25) is 10.0 Å². The van der Waals surface area contributed by atoms with Crippen LogP contribution in [0, 0.1) is 12.7 Å². The molecule has 0 spiro atoms. The monoisotopic (exact) mass is 412 g/mol. The van der Waals surface area contributed by atoms with Crippen LogP contribution in [0.4, 0.5) is 10.2 Å². The smallest absolute Gasteiger partial charge is 0.243 e. The summed E-state index contributed by atoms with van der Waals surface area (Å²) in [5.74, 6) is 1.00. The Morgan fingerprint density at radius 2 is 1.55 bits per heavy atom. The zero-order valence-corrected chi connectivity index (χ0v) is 16.8. The van der Waals surface area contributed by atoms with Crippen molar-refractivity contribution in [3.05, 3.63) is 72.3 Å². The lowest BCUT2D eigenvalue weighted by Gasteiger charge is -2.34. The van der Waals surface area contributed by atoms with E-state index in [9.17, 15) is 12.8 Å². The van der Waals surface area contributed by atoms with Crippen molar-refractivity contribution >= 4 is 15.8 Å². The maximum absolute atomic E-state index is 13.1. The van der Waals surface area contributed by atoms with Crippen molar-refractivity contribution in [1.29, 1.82) is 0 Å². The van der Waals surface area contributed by atoms with Crippen LogP contribution >= 0.6 is 0 Å². The van der Waals surface area contributed by atoms with Gasteiger partial charge >= 0.3 is 0 Å². The van der Waals surface area contributed by atoms with Gasteiger partial charge in [0.15, 0.2) is 0 Å². The second kappa shape index (κ2) is 7.88. The third kappa shape index (κ3) is 4.13. The number of sulfonamides is 1. The third-order valence-electron chi connectivity index (χ3n) is 4.91. The molecule has 0 radical (unpaired) electrons. The lowest BCUT2D eigenvalue weighted by molar-refractivity contribution is 0.383. The van der Waals surface area contributed by atoms with Gasteiger partial charge in [-0.3, -0.25) is 0 Å². The average Bonchev–Trinajstić information content (AvgIpc) is 2.74. The van der Waals surface area contributed by atoms with Crippen molar-refractivity contribution < 1.29 is 12.8 Å². The highest BCUT2D eigenvalue weighted by Gasteiger charge is 2.29. The number of aryl methyl sites for hydroxylation is 1. The highest BCUT2D eigenvalue weighted by Crippen LogP contribution is 2.24. The minimum Gasteiger partial charge on any atom is -0.354 e. The van der Waals surface area contributed by atoms with Crippen LogP contribution in [0.25, 0.3) is 11.3 Å². The van der Waals surface area contributed by atoms with E-state index < -0.39 is 15.8 Å². The first kappa shape index (κ1) is 19.5. The molecule has 29 heavy (non-hydrogen) atoms. The normalized spacial score (nSPS) is 15.4. The molecule has 1 aliphatic rings. The maximum atomic E-state index is 13.1. The van der Waals surface area contributed by atoms with E-state index in [-0.39, 0.29) is 4.90 Å². The second-order valence-corrected chi connectivity index (χ2v) is 8.81. The Kier molecular flexibility index (Phi) is 5.29. The van der Waals surface area contributed by atoms with E-state index >= 15 is 0 Å². The molecule has 2 aromatic carbocycles. The van der Waals surface area contributed by atoms with Crippen molar-refractivity contribution in [2.24, 2.45) is 0 Å². The van der Waals surface area contributed by atoms with Crippen molar-refractivity contribution in [2.45, 2.75) is 11.8 Å². The summed E-state index contributed by atoms with van der Waals surface area (Å²) >= 11 is 0. The van der Waals surface area contributed by atoms with E-state index in [0.717, 1.165) is 29.2 Å². The number of piperazine rings is 1. The molecule has 2 heterocycles. The number of halogens is 1. The van der Waals surface area contributed by atoms with Crippen LogP contribution in [0.3, 0.4) is 0 Å². The van der Waals surface area contributed by atoms with Crippen molar-refractivity contribution in [3.63, 3.8) is 0 Å². The number of benzene rings is 2. The Balaban J connectivity index is 1.51. The average molecular weight is 412 g/mol. The van der Waals surface area contributed by atoms with Gasteiger partial charge in [-0.15, -0.1) is 0 Å². The summed E-state index contributed by atoms with van der Waals surface area (Å²) in [7, 11) is -3.64. The van der Waals surface area contributed by atoms with Crippen molar-refractivity contribution in [3.8, 4) is 11.3 Å². The lowest BCUT2D eigenvalue weighted by atomic mass is 10.1. The predicted octanol–water partition coefficient (Wildman–Crippen LogP) is 3.10.